The Morgan fingerprint density at radius 3 is 2.52 bits per heavy atom. The van der Waals surface area contributed by atoms with Crippen molar-refractivity contribution >= 4 is 11.6 Å². The molecule has 1 amide bonds. The number of piperazine rings is 1. The number of benzene rings is 1. The van der Waals surface area contributed by atoms with Crippen molar-refractivity contribution in [2.24, 2.45) is 5.73 Å². The predicted molar refractivity (Wildman–Crippen MR) is 103 cm³/mol. The fourth-order valence-corrected chi connectivity index (χ4v) is 4.05. The summed E-state index contributed by atoms with van der Waals surface area (Å²) >= 11 is 0. The Morgan fingerprint density at radius 1 is 1.12 bits per heavy atom. The minimum Gasteiger partial charge on any atom is -0.369 e. The number of likely N-dealkylation sites (tertiary alicyclic amines) is 1. The van der Waals surface area contributed by atoms with Crippen LogP contribution in [0.1, 0.15) is 32.6 Å². The maximum absolute atomic E-state index is 12.5. The molecule has 0 radical (unpaired) electrons. The lowest BCUT2D eigenvalue weighted by Gasteiger charge is -2.37. The highest BCUT2D eigenvalue weighted by Gasteiger charge is 2.26. The first kappa shape index (κ1) is 18.2. The number of rotatable bonds is 5. The molecule has 1 aromatic carbocycles. The van der Waals surface area contributed by atoms with Crippen LogP contribution in [0.15, 0.2) is 30.3 Å². The van der Waals surface area contributed by atoms with E-state index in [0.717, 1.165) is 58.5 Å². The van der Waals surface area contributed by atoms with E-state index >= 15 is 0 Å². The van der Waals surface area contributed by atoms with Gasteiger partial charge in [0, 0.05) is 56.9 Å². The average molecular weight is 345 g/mol. The second kappa shape index (κ2) is 8.68. The number of hydrogen-bond acceptors (Lipinski definition) is 4. The molecule has 0 saturated carbocycles. The molecule has 0 unspecified atom stereocenters. The number of para-hydroxylation sites is 1. The number of piperidine rings is 1. The van der Waals surface area contributed by atoms with Crippen molar-refractivity contribution in [3.63, 3.8) is 0 Å². The molecular weight excluding hydrogens is 312 g/mol. The lowest BCUT2D eigenvalue weighted by atomic mass is 9.98. The molecular formula is C20H32N4O. The van der Waals surface area contributed by atoms with Crippen molar-refractivity contribution in [1.29, 1.82) is 0 Å². The first-order valence-electron chi connectivity index (χ1n) is 9.71. The van der Waals surface area contributed by atoms with Gasteiger partial charge in [-0.2, -0.15) is 0 Å². The number of carbonyl (C=O) groups excluding carboxylic acids is 1. The maximum Gasteiger partial charge on any atom is 0.222 e. The van der Waals surface area contributed by atoms with E-state index in [9.17, 15) is 4.79 Å². The number of carbonyl (C=O) groups is 1. The van der Waals surface area contributed by atoms with Crippen LogP contribution in [-0.4, -0.2) is 67.1 Å². The second-order valence-electron chi connectivity index (χ2n) is 7.49. The zero-order chi connectivity index (χ0) is 17.6. The van der Waals surface area contributed by atoms with Crippen molar-refractivity contribution in [3.8, 4) is 0 Å². The molecule has 5 nitrogen and oxygen atoms in total. The number of anilines is 1. The highest BCUT2D eigenvalue weighted by Crippen LogP contribution is 2.18. The van der Waals surface area contributed by atoms with Gasteiger partial charge in [-0.3, -0.25) is 9.69 Å². The molecule has 2 saturated heterocycles. The number of nitrogens with two attached hydrogens (primary N) is 1. The third-order valence-electron chi connectivity index (χ3n) is 5.60. The summed E-state index contributed by atoms with van der Waals surface area (Å²) in [5, 5.41) is 0. The Hall–Kier alpha value is -1.59. The average Bonchev–Trinajstić information content (AvgIpc) is 2.63. The summed E-state index contributed by atoms with van der Waals surface area (Å²) in [5.41, 5.74) is 7.30. The van der Waals surface area contributed by atoms with Gasteiger partial charge in [0.1, 0.15) is 0 Å². The van der Waals surface area contributed by atoms with E-state index in [-0.39, 0.29) is 6.04 Å². The Kier molecular flexibility index (Phi) is 6.32. The van der Waals surface area contributed by atoms with E-state index < -0.39 is 0 Å². The normalized spacial score (nSPS) is 25.2. The van der Waals surface area contributed by atoms with Crippen molar-refractivity contribution in [3.05, 3.63) is 30.3 Å². The molecule has 138 valence electrons. The SMILES string of the molecule is C[C@@H]1C[C@@H](N)CCN1C(=O)CCCN1CCN(c2ccccc2)CC1. The third kappa shape index (κ3) is 4.95. The van der Waals surface area contributed by atoms with Crippen LogP contribution < -0.4 is 10.6 Å². The van der Waals surface area contributed by atoms with Crippen LogP contribution in [0.25, 0.3) is 0 Å². The van der Waals surface area contributed by atoms with Crippen LogP contribution in [0.2, 0.25) is 0 Å². The molecule has 1 aromatic rings. The summed E-state index contributed by atoms with van der Waals surface area (Å²) in [5.74, 6) is 0.308. The lowest BCUT2D eigenvalue weighted by Crippen LogP contribution is -2.49. The summed E-state index contributed by atoms with van der Waals surface area (Å²) in [7, 11) is 0. The molecule has 0 bridgehead atoms. The van der Waals surface area contributed by atoms with E-state index in [2.05, 4.69) is 47.1 Å². The molecule has 3 rings (SSSR count). The molecule has 0 aliphatic carbocycles. The highest BCUT2D eigenvalue weighted by atomic mass is 16.2. The quantitative estimate of drug-likeness (QED) is 0.887. The van der Waals surface area contributed by atoms with Crippen LogP contribution in [0.3, 0.4) is 0 Å². The fourth-order valence-electron chi connectivity index (χ4n) is 4.05. The van der Waals surface area contributed by atoms with Crippen molar-refractivity contribution < 1.29 is 4.79 Å². The molecule has 2 heterocycles. The van der Waals surface area contributed by atoms with Gasteiger partial charge < -0.3 is 15.5 Å². The lowest BCUT2D eigenvalue weighted by molar-refractivity contribution is -0.134. The molecule has 25 heavy (non-hydrogen) atoms. The van der Waals surface area contributed by atoms with E-state index in [1.807, 2.05) is 4.90 Å². The summed E-state index contributed by atoms with van der Waals surface area (Å²) < 4.78 is 0. The first-order valence-corrected chi connectivity index (χ1v) is 9.71. The molecule has 2 aliphatic rings. The van der Waals surface area contributed by atoms with Gasteiger partial charge in [0.05, 0.1) is 0 Å². The number of amides is 1. The Balaban J connectivity index is 1.35. The number of nitrogens with zero attached hydrogens (tertiary/aromatic N) is 3. The Labute approximate surface area is 151 Å². The number of hydrogen-bond donors (Lipinski definition) is 1. The maximum atomic E-state index is 12.5. The second-order valence-corrected chi connectivity index (χ2v) is 7.49. The van der Waals surface area contributed by atoms with Crippen LogP contribution >= 0.6 is 0 Å². The van der Waals surface area contributed by atoms with Gasteiger partial charge in [-0.25, -0.2) is 0 Å². The van der Waals surface area contributed by atoms with E-state index in [4.69, 9.17) is 5.73 Å². The van der Waals surface area contributed by atoms with E-state index in [1.54, 1.807) is 0 Å². The smallest absolute Gasteiger partial charge is 0.222 e. The summed E-state index contributed by atoms with van der Waals surface area (Å²) in [4.78, 5) is 19.4. The van der Waals surface area contributed by atoms with Gasteiger partial charge in [-0.1, -0.05) is 18.2 Å². The molecule has 2 fully saturated rings. The molecule has 0 aromatic heterocycles. The van der Waals surface area contributed by atoms with Gasteiger partial charge in [-0.05, 0) is 44.9 Å². The molecule has 2 aliphatic heterocycles. The monoisotopic (exact) mass is 344 g/mol. The Morgan fingerprint density at radius 2 is 1.84 bits per heavy atom. The largest absolute Gasteiger partial charge is 0.369 e. The minimum atomic E-state index is 0.264. The van der Waals surface area contributed by atoms with Gasteiger partial charge in [-0.15, -0.1) is 0 Å². The van der Waals surface area contributed by atoms with Gasteiger partial charge in [0.2, 0.25) is 5.91 Å². The molecule has 2 atom stereocenters. The molecule has 0 spiro atoms. The summed E-state index contributed by atoms with van der Waals surface area (Å²) in [6.45, 7) is 8.28. The van der Waals surface area contributed by atoms with Crippen molar-refractivity contribution in [2.45, 2.75) is 44.7 Å². The van der Waals surface area contributed by atoms with Gasteiger partial charge in [0.15, 0.2) is 0 Å². The standard InChI is InChI=1S/C20H32N4O/c1-17-16-18(21)9-11-24(17)20(25)8-5-10-22-12-14-23(15-13-22)19-6-3-2-4-7-19/h2-4,6-7,17-18H,5,8-16,21H2,1H3/t17-,18+/m1/s1. The van der Waals surface area contributed by atoms with Crippen LogP contribution in [0.4, 0.5) is 5.69 Å². The minimum absolute atomic E-state index is 0.264. The van der Waals surface area contributed by atoms with Crippen LogP contribution in [0.5, 0.6) is 0 Å². The third-order valence-corrected chi connectivity index (χ3v) is 5.60. The van der Waals surface area contributed by atoms with Gasteiger partial charge >= 0.3 is 0 Å². The summed E-state index contributed by atoms with van der Waals surface area (Å²) in [6, 6.07) is 11.2. The van der Waals surface area contributed by atoms with Crippen molar-refractivity contribution in [1.82, 2.24) is 9.80 Å². The zero-order valence-corrected chi connectivity index (χ0v) is 15.4. The van der Waals surface area contributed by atoms with Crippen LogP contribution in [-0.2, 0) is 4.79 Å². The van der Waals surface area contributed by atoms with Crippen molar-refractivity contribution in [2.75, 3.05) is 44.2 Å². The molecule has 2 N–H and O–H groups in total. The first-order chi connectivity index (χ1) is 12.1. The fraction of sp³-hybridized carbons (Fsp3) is 0.650. The van der Waals surface area contributed by atoms with Crippen LogP contribution in [0, 0.1) is 0 Å². The van der Waals surface area contributed by atoms with E-state index in [0.29, 0.717) is 18.4 Å². The molecule has 5 heteroatoms. The summed E-state index contributed by atoms with van der Waals surface area (Å²) in [6.07, 6.45) is 3.50. The predicted octanol–water partition coefficient (Wildman–Crippen LogP) is 1.93. The Bertz CT molecular complexity index is 542. The topological polar surface area (TPSA) is 52.8 Å². The van der Waals surface area contributed by atoms with Gasteiger partial charge in [0.25, 0.3) is 0 Å². The van der Waals surface area contributed by atoms with E-state index in [1.165, 1.54) is 5.69 Å². The zero-order valence-electron chi connectivity index (χ0n) is 15.4. The highest BCUT2D eigenvalue weighted by molar-refractivity contribution is 5.76.